The molecule has 0 bridgehead atoms. The van der Waals surface area contributed by atoms with Gasteiger partial charge in [-0.3, -0.25) is 9.59 Å². The van der Waals surface area contributed by atoms with Crippen molar-refractivity contribution in [1.29, 1.82) is 0 Å². The van der Waals surface area contributed by atoms with Gasteiger partial charge in [-0.1, -0.05) is 23.2 Å². The van der Waals surface area contributed by atoms with E-state index in [1.165, 1.54) is 11.8 Å². The van der Waals surface area contributed by atoms with E-state index in [9.17, 15) is 14.7 Å². The fourth-order valence-electron chi connectivity index (χ4n) is 3.49. The fraction of sp³-hybridized carbons (Fsp3) is 0.500. The Morgan fingerprint density at radius 3 is 2.75 bits per heavy atom. The predicted molar refractivity (Wildman–Crippen MR) is 93.6 cm³/mol. The fourth-order valence-corrected chi connectivity index (χ4v) is 5.26. The van der Waals surface area contributed by atoms with Gasteiger partial charge < -0.3 is 15.3 Å². The molecule has 24 heavy (non-hydrogen) atoms. The predicted octanol–water partition coefficient (Wildman–Crippen LogP) is 2.78. The lowest BCUT2D eigenvalue weighted by Gasteiger charge is -2.35. The van der Waals surface area contributed by atoms with E-state index in [-0.39, 0.29) is 23.8 Å². The van der Waals surface area contributed by atoms with Crippen LogP contribution < -0.4 is 5.32 Å². The van der Waals surface area contributed by atoms with Crippen LogP contribution in [0.2, 0.25) is 10.0 Å². The molecule has 5 nitrogen and oxygen atoms in total. The average Bonchev–Trinajstić information content (AvgIpc) is 2.92. The van der Waals surface area contributed by atoms with Crippen LogP contribution in [0.3, 0.4) is 0 Å². The van der Waals surface area contributed by atoms with Crippen molar-refractivity contribution in [3.05, 3.63) is 22.2 Å². The quantitative estimate of drug-likeness (QED) is 0.778. The number of aliphatic hydroxyl groups excluding tert-OH is 1. The number of benzene rings is 1. The van der Waals surface area contributed by atoms with Crippen LogP contribution in [0.4, 0.5) is 5.69 Å². The molecule has 1 saturated carbocycles. The highest BCUT2D eigenvalue weighted by molar-refractivity contribution is 8.01. The Hall–Kier alpha value is -0.950. The maximum absolute atomic E-state index is 12.7. The Morgan fingerprint density at radius 1 is 1.33 bits per heavy atom. The van der Waals surface area contributed by atoms with E-state index in [2.05, 4.69) is 5.32 Å². The number of anilines is 1. The topological polar surface area (TPSA) is 69.6 Å². The van der Waals surface area contributed by atoms with Crippen molar-refractivity contribution in [2.75, 3.05) is 18.4 Å². The zero-order valence-electron chi connectivity index (χ0n) is 12.7. The molecule has 1 atom stereocenters. The largest absolute Gasteiger partial charge is 0.393 e. The molecular weight excluding hydrogens is 371 g/mol. The van der Waals surface area contributed by atoms with Gasteiger partial charge in [-0.25, -0.2) is 0 Å². The molecule has 0 unspecified atom stereocenters. The molecule has 1 aromatic carbocycles. The molecule has 128 valence electrons. The number of fused-ring (bicyclic) bond motifs is 1. The monoisotopic (exact) mass is 386 g/mol. The first-order valence-corrected chi connectivity index (χ1v) is 9.41. The average molecular weight is 387 g/mol. The number of nitrogens with zero attached hydrogens (tertiary/aromatic N) is 1. The maximum Gasteiger partial charge on any atom is 0.242 e. The van der Waals surface area contributed by atoms with Gasteiger partial charge in [0.2, 0.25) is 11.8 Å². The van der Waals surface area contributed by atoms with E-state index < -0.39 is 4.75 Å². The van der Waals surface area contributed by atoms with E-state index in [1.54, 1.807) is 17.0 Å². The number of hydrogen-bond donors (Lipinski definition) is 2. The van der Waals surface area contributed by atoms with Crippen molar-refractivity contribution in [2.45, 2.75) is 35.0 Å². The lowest BCUT2D eigenvalue weighted by Crippen LogP contribution is -2.48. The molecule has 2 heterocycles. The van der Waals surface area contributed by atoms with Crippen molar-refractivity contribution in [3.63, 3.8) is 0 Å². The number of carbonyl (C=O) groups is 2. The Morgan fingerprint density at radius 2 is 2.04 bits per heavy atom. The third-order valence-corrected chi connectivity index (χ3v) is 7.18. The second-order valence-electron chi connectivity index (χ2n) is 6.64. The SMILES string of the molecule is O=C1Nc2cc(Cl)c(Cl)cc2S[C@]12CCN(C(=O)[C@H]1C[C@@H](O)C1)C2. The number of nitrogens with one attached hydrogen (secondary N) is 1. The van der Waals surface area contributed by atoms with Gasteiger partial charge in [0.05, 0.1) is 21.8 Å². The molecule has 0 radical (unpaired) electrons. The van der Waals surface area contributed by atoms with Crippen LogP contribution in [0, 0.1) is 5.92 Å². The summed E-state index contributed by atoms with van der Waals surface area (Å²) < 4.78 is -0.678. The molecule has 2 fully saturated rings. The van der Waals surface area contributed by atoms with Gasteiger partial charge in [-0.05, 0) is 31.4 Å². The summed E-state index contributed by atoms with van der Waals surface area (Å²) in [5.74, 6) is -0.153. The zero-order valence-corrected chi connectivity index (χ0v) is 15.0. The van der Waals surface area contributed by atoms with Gasteiger partial charge in [-0.15, -0.1) is 11.8 Å². The van der Waals surface area contributed by atoms with Gasteiger partial charge in [0.1, 0.15) is 4.75 Å². The van der Waals surface area contributed by atoms with E-state index in [0.29, 0.717) is 48.1 Å². The van der Waals surface area contributed by atoms with Crippen molar-refractivity contribution in [3.8, 4) is 0 Å². The Balaban J connectivity index is 1.54. The number of amides is 2. The molecule has 2 N–H and O–H groups in total. The van der Waals surface area contributed by atoms with Crippen LogP contribution in [0.25, 0.3) is 0 Å². The molecule has 1 aromatic rings. The summed E-state index contributed by atoms with van der Waals surface area (Å²) in [7, 11) is 0. The summed E-state index contributed by atoms with van der Waals surface area (Å²) in [5, 5.41) is 13.1. The summed E-state index contributed by atoms with van der Waals surface area (Å²) in [5.41, 5.74) is 0.664. The van der Waals surface area contributed by atoms with Crippen LogP contribution in [-0.4, -0.2) is 45.8 Å². The number of rotatable bonds is 1. The van der Waals surface area contributed by atoms with Crippen molar-refractivity contribution >= 4 is 52.5 Å². The van der Waals surface area contributed by atoms with Crippen molar-refractivity contribution < 1.29 is 14.7 Å². The van der Waals surface area contributed by atoms with Crippen LogP contribution >= 0.6 is 35.0 Å². The minimum Gasteiger partial charge on any atom is -0.393 e. The third-order valence-electron chi connectivity index (χ3n) is 5.00. The Labute approximate surface area is 153 Å². The molecule has 1 saturated heterocycles. The molecule has 2 amide bonds. The number of hydrogen-bond acceptors (Lipinski definition) is 4. The molecule has 1 aliphatic carbocycles. The van der Waals surface area contributed by atoms with Crippen LogP contribution in [0.15, 0.2) is 17.0 Å². The smallest absolute Gasteiger partial charge is 0.242 e. The number of likely N-dealkylation sites (tertiary alicyclic amines) is 1. The lowest BCUT2D eigenvalue weighted by atomic mass is 9.81. The first kappa shape index (κ1) is 16.5. The highest BCUT2D eigenvalue weighted by Crippen LogP contribution is 2.49. The molecule has 1 spiro atoms. The Kier molecular flexibility index (Phi) is 3.99. The summed E-state index contributed by atoms with van der Waals surface area (Å²) in [6.07, 6.45) is 1.29. The van der Waals surface area contributed by atoms with Gasteiger partial charge in [0, 0.05) is 23.9 Å². The summed E-state index contributed by atoms with van der Waals surface area (Å²) in [6, 6.07) is 3.42. The molecular formula is C16H16Cl2N2O3S. The van der Waals surface area contributed by atoms with E-state index in [1.807, 2.05) is 0 Å². The molecule has 3 aliphatic rings. The van der Waals surface area contributed by atoms with Gasteiger partial charge in [0.15, 0.2) is 0 Å². The first-order chi connectivity index (χ1) is 11.4. The van der Waals surface area contributed by atoms with Crippen molar-refractivity contribution in [1.82, 2.24) is 4.90 Å². The van der Waals surface area contributed by atoms with Gasteiger partial charge in [-0.2, -0.15) is 0 Å². The number of thioether (sulfide) groups is 1. The summed E-state index contributed by atoms with van der Waals surface area (Å²) in [4.78, 5) is 27.8. The van der Waals surface area contributed by atoms with Crippen molar-refractivity contribution in [2.24, 2.45) is 5.92 Å². The second kappa shape index (κ2) is 5.80. The zero-order chi connectivity index (χ0) is 17.1. The number of halogens is 2. The minimum atomic E-state index is -0.678. The molecule has 4 rings (SSSR count). The normalized spacial score (nSPS) is 31.6. The standard InChI is InChI=1S/C16H16Cl2N2O3S/c17-10-5-12-13(6-11(10)18)24-16(15(23)19-12)1-2-20(7-16)14(22)8-3-9(21)4-8/h5-6,8-9,21H,1-4,7H2,(H,19,23)/t8-,9+,16-/m0/s1. The number of carbonyl (C=O) groups excluding carboxylic acids is 2. The van der Waals surface area contributed by atoms with Gasteiger partial charge in [0.25, 0.3) is 0 Å². The van der Waals surface area contributed by atoms with E-state index in [4.69, 9.17) is 23.2 Å². The molecule has 2 aliphatic heterocycles. The van der Waals surface area contributed by atoms with E-state index >= 15 is 0 Å². The highest BCUT2D eigenvalue weighted by Gasteiger charge is 2.51. The van der Waals surface area contributed by atoms with Crippen LogP contribution in [0.5, 0.6) is 0 Å². The lowest BCUT2D eigenvalue weighted by molar-refractivity contribution is -0.141. The summed E-state index contributed by atoms with van der Waals surface area (Å²) >= 11 is 13.6. The maximum atomic E-state index is 12.7. The molecule has 8 heteroatoms. The third kappa shape index (κ3) is 2.60. The van der Waals surface area contributed by atoms with E-state index in [0.717, 1.165) is 4.90 Å². The second-order valence-corrected chi connectivity index (χ2v) is 8.88. The van der Waals surface area contributed by atoms with Crippen LogP contribution in [-0.2, 0) is 9.59 Å². The first-order valence-electron chi connectivity index (χ1n) is 7.84. The van der Waals surface area contributed by atoms with Crippen LogP contribution in [0.1, 0.15) is 19.3 Å². The van der Waals surface area contributed by atoms with Gasteiger partial charge >= 0.3 is 0 Å². The summed E-state index contributed by atoms with van der Waals surface area (Å²) in [6.45, 7) is 0.942. The Bertz CT molecular complexity index is 738. The highest BCUT2D eigenvalue weighted by atomic mass is 35.5. The minimum absolute atomic E-state index is 0.0468. The number of aliphatic hydroxyl groups is 1. The molecule has 0 aromatic heterocycles.